The Kier molecular flexibility index (Phi) is 5.12. The van der Waals surface area contributed by atoms with E-state index in [2.05, 4.69) is 5.32 Å². The Hall–Kier alpha value is -0.960. The van der Waals surface area contributed by atoms with Gasteiger partial charge in [0, 0.05) is 19.8 Å². The first-order valence-electron chi connectivity index (χ1n) is 7.65. The lowest BCUT2D eigenvalue weighted by Gasteiger charge is -2.12. The van der Waals surface area contributed by atoms with Crippen LogP contribution in [0.4, 0.5) is 5.82 Å². The highest BCUT2D eigenvalue weighted by Crippen LogP contribution is 2.25. The third-order valence-electron chi connectivity index (χ3n) is 4.06. The summed E-state index contributed by atoms with van der Waals surface area (Å²) in [5.41, 5.74) is 6.13. The van der Waals surface area contributed by atoms with Gasteiger partial charge in [-0.1, -0.05) is 11.3 Å². The number of anilines is 1. The largest absolute Gasteiger partial charge is 0.384 e. The van der Waals surface area contributed by atoms with Gasteiger partial charge < -0.3 is 25.1 Å². The Morgan fingerprint density at radius 1 is 1.32 bits per heavy atom. The Morgan fingerprint density at radius 2 is 2.00 bits per heavy atom. The molecule has 0 radical (unpaired) electrons. The molecule has 1 aromatic heterocycles. The van der Waals surface area contributed by atoms with Gasteiger partial charge in [-0.25, -0.2) is 0 Å². The molecule has 3 N–H and O–H groups in total. The first kappa shape index (κ1) is 15.9. The lowest BCUT2D eigenvalue weighted by molar-refractivity contribution is 0.0860. The molecule has 0 saturated carbocycles. The van der Waals surface area contributed by atoms with Crippen LogP contribution in [0.5, 0.6) is 0 Å². The van der Waals surface area contributed by atoms with Crippen molar-refractivity contribution in [3.8, 4) is 0 Å². The zero-order valence-corrected chi connectivity index (χ0v) is 14.0. The van der Waals surface area contributed by atoms with E-state index in [1.165, 1.54) is 11.3 Å². The van der Waals surface area contributed by atoms with Crippen molar-refractivity contribution in [2.24, 2.45) is 0 Å². The maximum absolute atomic E-state index is 12.3. The van der Waals surface area contributed by atoms with Crippen LogP contribution in [0.3, 0.4) is 0 Å². The predicted molar refractivity (Wildman–Crippen MR) is 87.8 cm³/mol. The van der Waals surface area contributed by atoms with Crippen molar-refractivity contribution in [2.45, 2.75) is 44.4 Å². The van der Waals surface area contributed by atoms with Crippen LogP contribution in [0.2, 0.25) is 0 Å². The minimum atomic E-state index is -0.171. The van der Waals surface area contributed by atoms with E-state index in [-0.39, 0.29) is 18.1 Å². The fraction of sp³-hybridized carbons (Fsp3) is 0.714. The number of amides is 1. The number of hydrogen-bond donors (Lipinski definition) is 2. The Labute approximate surface area is 138 Å². The number of ether oxygens (including phenoxy) is 2. The molecule has 1 aromatic rings. The van der Waals surface area contributed by atoms with Gasteiger partial charge in [0.05, 0.1) is 18.8 Å². The molecule has 2 aliphatic rings. The number of hydrogen-bond acceptors (Lipinski definition) is 6. The van der Waals surface area contributed by atoms with E-state index >= 15 is 0 Å². The van der Waals surface area contributed by atoms with Gasteiger partial charge in [0.2, 0.25) is 0 Å². The zero-order valence-electron chi connectivity index (χ0n) is 12.4. The molecular weight excluding hydrogens is 322 g/mol. The minimum absolute atomic E-state index is 0.118. The van der Waals surface area contributed by atoms with Crippen LogP contribution in [-0.2, 0) is 16.0 Å². The van der Waals surface area contributed by atoms with E-state index in [0.717, 1.165) is 38.9 Å². The monoisotopic (exact) mass is 343 g/mol. The second-order valence-electron chi connectivity index (χ2n) is 5.67. The molecule has 0 unspecified atom stereocenters. The molecule has 2 atom stereocenters. The van der Waals surface area contributed by atoms with Crippen molar-refractivity contribution in [3.63, 3.8) is 0 Å². The van der Waals surface area contributed by atoms with Gasteiger partial charge in [0.25, 0.3) is 5.91 Å². The predicted octanol–water partition coefficient (Wildman–Crippen LogP) is 1.95. The lowest BCUT2D eigenvalue weighted by atomic mass is 10.2. The van der Waals surface area contributed by atoms with Crippen molar-refractivity contribution in [2.75, 3.05) is 25.5 Å². The van der Waals surface area contributed by atoms with Gasteiger partial charge in [0.1, 0.15) is 10.7 Å². The maximum Gasteiger partial charge on any atom is 0.265 e. The quantitative estimate of drug-likeness (QED) is 0.799. The molecule has 0 spiro atoms. The van der Waals surface area contributed by atoms with Crippen LogP contribution in [0.25, 0.3) is 0 Å². The topological polar surface area (TPSA) is 78.5 Å². The highest BCUT2D eigenvalue weighted by molar-refractivity contribution is 7.73. The number of carbonyl (C=O) groups excluding carboxylic acids is 1. The number of thiazole rings is 1. The molecule has 0 aliphatic carbocycles. The standard InChI is InChI=1S/C14H21N3O3S2/c15-12-11(13(18)16-7-9-3-1-5-19-9)22-14(21)17(12)8-10-4-2-6-20-10/h9-10H,1-8,15H2,(H,16,18)/t9-,10-/m1/s1. The van der Waals surface area contributed by atoms with Crippen LogP contribution in [-0.4, -0.2) is 42.4 Å². The Balaban J connectivity index is 1.65. The van der Waals surface area contributed by atoms with Crippen molar-refractivity contribution in [3.05, 3.63) is 8.83 Å². The number of aromatic nitrogens is 1. The highest BCUT2D eigenvalue weighted by atomic mass is 32.1. The second kappa shape index (κ2) is 7.08. The van der Waals surface area contributed by atoms with E-state index in [1.807, 2.05) is 4.57 Å². The van der Waals surface area contributed by atoms with Crippen LogP contribution >= 0.6 is 23.6 Å². The molecule has 2 saturated heterocycles. The van der Waals surface area contributed by atoms with E-state index in [9.17, 15) is 4.79 Å². The van der Waals surface area contributed by atoms with Gasteiger partial charge in [0.15, 0.2) is 3.95 Å². The van der Waals surface area contributed by atoms with Crippen LogP contribution in [0.1, 0.15) is 35.4 Å². The van der Waals surface area contributed by atoms with Gasteiger partial charge >= 0.3 is 0 Å². The van der Waals surface area contributed by atoms with Gasteiger partial charge in [-0.3, -0.25) is 4.79 Å². The average molecular weight is 343 g/mol. The Bertz CT molecular complexity index is 587. The summed E-state index contributed by atoms with van der Waals surface area (Å²) < 4.78 is 13.6. The molecule has 0 bridgehead atoms. The summed E-state index contributed by atoms with van der Waals surface area (Å²) >= 11 is 6.61. The highest BCUT2D eigenvalue weighted by Gasteiger charge is 2.23. The summed E-state index contributed by atoms with van der Waals surface area (Å²) in [5, 5.41) is 2.89. The third kappa shape index (κ3) is 3.51. The number of nitrogen functional groups attached to an aromatic ring is 1. The normalized spacial score (nSPS) is 24.7. The average Bonchev–Trinajstić information content (AvgIpc) is 3.23. The third-order valence-corrected chi connectivity index (χ3v) is 5.53. The summed E-state index contributed by atoms with van der Waals surface area (Å²) in [6.07, 6.45) is 4.39. The summed E-state index contributed by atoms with van der Waals surface area (Å²) in [5.74, 6) is 0.269. The summed E-state index contributed by atoms with van der Waals surface area (Å²) in [7, 11) is 0. The summed E-state index contributed by atoms with van der Waals surface area (Å²) in [6.45, 7) is 2.71. The molecule has 6 nitrogen and oxygen atoms in total. The van der Waals surface area contributed by atoms with Crippen LogP contribution in [0.15, 0.2) is 0 Å². The molecule has 2 aliphatic heterocycles. The van der Waals surface area contributed by atoms with Crippen molar-refractivity contribution in [1.29, 1.82) is 0 Å². The van der Waals surface area contributed by atoms with Crippen molar-refractivity contribution < 1.29 is 14.3 Å². The molecule has 3 heterocycles. The number of rotatable bonds is 5. The number of nitrogens with two attached hydrogens (primary N) is 1. The molecule has 8 heteroatoms. The molecular formula is C14H21N3O3S2. The first-order chi connectivity index (χ1) is 10.6. The minimum Gasteiger partial charge on any atom is -0.384 e. The molecule has 0 aromatic carbocycles. The smallest absolute Gasteiger partial charge is 0.265 e. The number of nitrogens with zero attached hydrogens (tertiary/aromatic N) is 1. The molecule has 3 rings (SSSR count). The van der Waals surface area contributed by atoms with E-state index in [1.54, 1.807) is 0 Å². The summed E-state index contributed by atoms with van der Waals surface area (Å²) in [6, 6.07) is 0. The van der Waals surface area contributed by atoms with Crippen molar-refractivity contribution in [1.82, 2.24) is 9.88 Å². The molecule has 122 valence electrons. The van der Waals surface area contributed by atoms with Crippen LogP contribution in [0, 0.1) is 3.95 Å². The fourth-order valence-electron chi connectivity index (χ4n) is 2.84. The number of carbonyl (C=O) groups is 1. The van der Waals surface area contributed by atoms with Gasteiger partial charge in [-0.2, -0.15) is 0 Å². The molecule has 1 amide bonds. The summed E-state index contributed by atoms with van der Waals surface area (Å²) in [4.78, 5) is 12.8. The SMILES string of the molecule is Nc1c(C(=O)NC[C@H]2CCCO2)sc(=S)n1C[C@H]1CCCO1. The van der Waals surface area contributed by atoms with Crippen LogP contribution < -0.4 is 11.1 Å². The number of nitrogens with one attached hydrogen (secondary N) is 1. The van der Waals surface area contributed by atoms with E-state index < -0.39 is 0 Å². The van der Waals surface area contributed by atoms with Crippen molar-refractivity contribution >= 4 is 35.3 Å². The first-order valence-corrected chi connectivity index (χ1v) is 8.88. The molecule has 2 fully saturated rings. The fourth-order valence-corrected chi connectivity index (χ4v) is 4.10. The second-order valence-corrected chi connectivity index (χ2v) is 7.32. The van der Waals surface area contributed by atoms with Gasteiger partial charge in [-0.15, -0.1) is 0 Å². The lowest BCUT2D eigenvalue weighted by Crippen LogP contribution is -2.31. The zero-order chi connectivity index (χ0) is 15.5. The van der Waals surface area contributed by atoms with Gasteiger partial charge in [-0.05, 0) is 37.9 Å². The van der Waals surface area contributed by atoms with E-state index in [4.69, 9.17) is 27.4 Å². The molecule has 22 heavy (non-hydrogen) atoms. The maximum atomic E-state index is 12.3. The Morgan fingerprint density at radius 3 is 2.64 bits per heavy atom. The van der Waals surface area contributed by atoms with E-state index in [0.29, 0.717) is 27.7 Å².